The van der Waals surface area contributed by atoms with Crippen LogP contribution in [0.1, 0.15) is 47.5 Å². The molecule has 0 amide bonds. The lowest BCUT2D eigenvalue weighted by Crippen LogP contribution is -2.63. The molecule has 1 unspecified atom stereocenters. The van der Waals surface area contributed by atoms with E-state index in [9.17, 15) is 0 Å². The van der Waals surface area contributed by atoms with Crippen molar-refractivity contribution in [3.63, 3.8) is 0 Å². The average molecular weight is 198 g/mol. The molecule has 2 nitrogen and oxygen atoms in total. The summed E-state index contributed by atoms with van der Waals surface area (Å²) in [6.45, 7) is 13.9. The highest BCUT2D eigenvalue weighted by atomic mass is 15.3. The summed E-state index contributed by atoms with van der Waals surface area (Å²) >= 11 is 0. The second kappa shape index (κ2) is 4.63. The Hall–Kier alpha value is -0.0800. The van der Waals surface area contributed by atoms with Gasteiger partial charge in [-0.25, -0.2) is 0 Å². The fraction of sp³-hybridized carbons (Fsp3) is 1.00. The molecule has 1 fully saturated rings. The van der Waals surface area contributed by atoms with Gasteiger partial charge in [0.1, 0.15) is 0 Å². The van der Waals surface area contributed by atoms with Crippen molar-refractivity contribution in [3.05, 3.63) is 0 Å². The molecule has 0 aliphatic carbocycles. The van der Waals surface area contributed by atoms with Crippen LogP contribution in [-0.4, -0.2) is 35.6 Å². The van der Waals surface area contributed by atoms with Gasteiger partial charge in [-0.05, 0) is 34.1 Å². The normalized spacial score (nSPS) is 28.3. The van der Waals surface area contributed by atoms with Crippen LogP contribution >= 0.6 is 0 Å². The topological polar surface area (TPSA) is 15.3 Å². The second-order valence-corrected chi connectivity index (χ2v) is 5.43. The summed E-state index contributed by atoms with van der Waals surface area (Å²) in [5, 5.41) is 3.65. The first-order valence-electron chi connectivity index (χ1n) is 5.97. The van der Waals surface area contributed by atoms with E-state index in [1.807, 2.05) is 0 Å². The molecule has 14 heavy (non-hydrogen) atoms. The number of nitrogens with zero attached hydrogens (tertiary/aromatic N) is 1. The first kappa shape index (κ1) is 12.0. The van der Waals surface area contributed by atoms with Crippen molar-refractivity contribution in [2.75, 3.05) is 13.1 Å². The van der Waals surface area contributed by atoms with Crippen LogP contribution in [-0.2, 0) is 0 Å². The van der Waals surface area contributed by atoms with Crippen molar-refractivity contribution in [1.82, 2.24) is 10.2 Å². The van der Waals surface area contributed by atoms with Crippen LogP contribution in [0.4, 0.5) is 0 Å². The molecule has 1 aliphatic heterocycles. The number of rotatable bonds is 3. The lowest BCUT2D eigenvalue weighted by Gasteiger charge is -2.48. The Morgan fingerprint density at radius 2 is 2.07 bits per heavy atom. The summed E-state index contributed by atoms with van der Waals surface area (Å²) in [5.74, 6) is 0. The molecule has 1 atom stereocenters. The Morgan fingerprint density at radius 1 is 1.43 bits per heavy atom. The third-order valence-corrected chi connectivity index (χ3v) is 3.28. The van der Waals surface area contributed by atoms with Gasteiger partial charge in [-0.15, -0.1) is 0 Å². The zero-order chi connectivity index (χ0) is 10.8. The molecule has 1 rings (SSSR count). The van der Waals surface area contributed by atoms with Gasteiger partial charge in [0.25, 0.3) is 0 Å². The zero-order valence-electron chi connectivity index (χ0n) is 10.4. The zero-order valence-corrected chi connectivity index (χ0v) is 10.4. The molecule has 0 bridgehead atoms. The van der Waals surface area contributed by atoms with E-state index in [0.717, 1.165) is 6.54 Å². The second-order valence-electron chi connectivity index (χ2n) is 5.43. The molecule has 0 saturated carbocycles. The smallest absolute Gasteiger partial charge is 0.0281 e. The molecule has 1 N–H and O–H groups in total. The molecule has 0 spiro atoms. The highest BCUT2D eigenvalue weighted by Gasteiger charge is 2.34. The third-order valence-electron chi connectivity index (χ3n) is 3.28. The molecule has 1 heterocycles. The van der Waals surface area contributed by atoms with Crippen LogP contribution in [0.3, 0.4) is 0 Å². The van der Waals surface area contributed by atoms with Gasteiger partial charge in [0.2, 0.25) is 0 Å². The molecule has 84 valence electrons. The molecule has 0 radical (unpaired) electrons. The minimum Gasteiger partial charge on any atom is -0.311 e. The summed E-state index contributed by atoms with van der Waals surface area (Å²) in [5.41, 5.74) is 0.318. The van der Waals surface area contributed by atoms with Gasteiger partial charge < -0.3 is 5.32 Å². The van der Waals surface area contributed by atoms with Crippen molar-refractivity contribution in [2.45, 2.75) is 65.1 Å². The number of hydrogen-bond donors (Lipinski definition) is 1. The predicted molar refractivity (Wildman–Crippen MR) is 62.6 cm³/mol. The summed E-state index contributed by atoms with van der Waals surface area (Å²) in [6, 6.07) is 1.36. The Labute approximate surface area is 89.1 Å². The third kappa shape index (κ3) is 2.71. The van der Waals surface area contributed by atoms with Gasteiger partial charge in [-0.3, -0.25) is 4.90 Å². The van der Waals surface area contributed by atoms with Crippen molar-refractivity contribution >= 4 is 0 Å². The maximum absolute atomic E-state index is 3.65. The summed E-state index contributed by atoms with van der Waals surface area (Å²) in [4.78, 5) is 2.63. The molecule has 1 aliphatic rings. The van der Waals surface area contributed by atoms with Gasteiger partial charge >= 0.3 is 0 Å². The fourth-order valence-electron chi connectivity index (χ4n) is 2.50. The van der Waals surface area contributed by atoms with Gasteiger partial charge in [-0.2, -0.15) is 0 Å². The van der Waals surface area contributed by atoms with Crippen molar-refractivity contribution < 1.29 is 0 Å². The van der Waals surface area contributed by atoms with E-state index in [4.69, 9.17) is 0 Å². The van der Waals surface area contributed by atoms with Crippen LogP contribution in [0.25, 0.3) is 0 Å². The summed E-state index contributed by atoms with van der Waals surface area (Å²) < 4.78 is 0. The Bertz CT molecular complexity index is 175. The highest BCUT2D eigenvalue weighted by molar-refractivity contribution is 4.93. The minimum absolute atomic E-state index is 0.318. The molecule has 0 aromatic heterocycles. The van der Waals surface area contributed by atoms with Crippen LogP contribution in [0.15, 0.2) is 0 Å². The lowest BCUT2D eigenvalue weighted by atomic mass is 9.94. The maximum atomic E-state index is 3.65. The first-order chi connectivity index (χ1) is 6.47. The summed E-state index contributed by atoms with van der Waals surface area (Å²) in [7, 11) is 0. The van der Waals surface area contributed by atoms with Gasteiger partial charge in [0, 0.05) is 30.7 Å². The number of hydrogen-bond acceptors (Lipinski definition) is 2. The number of nitrogens with one attached hydrogen (secondary N) is 1. The molecule has 0 aromatic rings. The van der Waals surface area contributed by atoms with E-state index in [1.165, 1.54) is 19.4 Å². The maximum Gasteiger partial charge on any atom is 0.0281 e. The largest absolute Gasteiger partial charge is 0.311 e. The van der Waals surface area contributed by atoms with E-state index >= 15 is 0 Å². The van der Waals surface area contributed by atoms with Gasteiger partial charge in [0.15, 0.2) is 0 Å². The summed E-state index contributed by atoms with van der Waals surface area (Å²) in [6.07, 6.45) is 2.59. The number of piperazine rings is 1. The van der Waals surface area contributed by atoms with E-state index in [0.29, 0.717) is 17.6 Å². The highest BCUT2D eigenvalue weighted by Crippen LogP contribution is 2.22. The Morgan fingerprint density at radius 3 is 2.57 bits per heavy atom. The molecular formula is C12H26N2. The quantitative estimate of drug-likeness (QED) is 0.748. The van der Waals surface area contributed by atoms with Crippen LogP contribution < -0.4 is 5.32 Å². The van der Waals surface area contributed by atoms with Crippen LogP contribution in [0, 0.1) is 0 Å². The molecule has 2 heteroatoms. The van der Waals surface area contributed by atoms with Crippen molar-refractivity contribution in [1.29, 1.82) is 0 Å². The molecular weight excluding hydrogens is 172 g/mol. The van der Waals surface area contributed by atoms with E-state index in [-0.39, 0.29) is 0 Å². The Balaban J connectivity index is 2.58. The van der Waals surface area contributed by atoms with Crippen LogP contribution in [0.5, 0.6) is 0 Å². The van der Waals surface area contributed by atoms with E-state index in [1.54, 1.807) is 0 Å². The monoisotopic (exact) mass is 198 g/mol. The standard InChI is InChI=1S/C12H26N2/c1-6-7-11-8-14(10(2)3)12(4,5)9-13-11/h10-11,13H,6-9H2,1-5H3. The SMILES string of the molecule is CCCC1CN(C(C)C)C(C)(C)CN1. The van der Waals surface area contributed by atoms with Crippen LogP contribution in [0.2, 0.25) is 0 Å². The fourth-order valence-corrected chi connectivity index (χ4v) is 2.50. The van der Waals surface area contributed by atoms with Gasteiger partial charge in [0.05, 0.1) is 0 Å². The van der Waals surface area contributed by atoms with Crippen molar-refractivity contribution in [2.24, 2.45) is 0 Å². The van der Waals surface area contributed by atoms with Crippen molar-refractivity contribution in [3.8, 4) is 0 Å². The first-order valence-corrected chi connectivity index (χ1v) is 5.97. The van der Waals surface area contributed by atoms with Gasteiger partial charge in [-0.1, -0.05) is 13.3 Å². The van der Waals surface area contributed by atoms with E-state index in [2.05, 4.69) is 44.8 Å². The molecule has 0 aromatic carbocycles. The predicted octanol–water partition coefficient (Wildman–Crippen LogP) is 2.25. The Kier molecular flexibility index (Phi) is 3.96. The molecule has 1 saturated heterocycles. The van der Waals surface area contributed by atoms with E-state index < -0.39 is 0 Å². The average Bonchev–Trinajstić information content (AvgIpc) is 2.08. The lowest BCUT2D eigenvalue weighted by molar-refractivity contribution is 0.0359. The minimum atomic E-state index is 0.318.